The Morgan fingerprint density at radius 1 is 1.24 bits per heavy atom. The number of fused-ring (bicyclic) bond motifs is 2. The zero-order valence-electron chi connectivity index (χ0n) is 17.8. The molecule has 1 unspecified atom stereocenters. The second-order valence-electron chi connectivity index (χ2n) is 7.75. The number of methoxy groups -OCH3 is 1. The van der Waals surface area contributed by atoms with Gasteiger partial charge in [-0.3, -0.25) is 9.59 Å². The maximum absolute atomic E-state index is 14.6. The number of hydrogen-bond donors (Lipinski definition) is 2. The van der Waals surface area contributed by atoms with E-state index in [2.05, 4.69) is 15.0 Å². The molecule has 33 heavy (non-hydrogen) atoms. The minimum Gasteiger partial charge on any atom is -0.464 e. The molecule has 0 spiro atoms. The molecule has 0 radical (unpaired) electrons. The van der Waals surface area contributed by atoms with Crippen molar-refractivity contribution in [3.63, 3.8) is 0 Å². The molecule has 2 aromatic carbocycles. The summed E-state index contributed by atoms with van der Waals surface area (Å²) in [4.78, 5) is 40.8. The lowest BCUT2D eigenvalue weighted by Gasteiger charge is -2.36. The van der Waals surface area contributed by atoms with Crippen LogP contribution in [0.1, 0.15) is 34.6 Å². The van der Waals surface area contributed by atoms with Gasteiger partial charge in [-0.15, -0.1) is 0 Å². The molecule has 4 rings (SSSR count). The Balaban J connectivity index is 1.55. The van der Waals surface area contributed by atoms with Crippen molar-refractivity contribution in [1.29, 1.82) is 0 Å². The van der Waals surface area contributed by atoms with Gasteiger partial charge in [-0.2, -0.15) is 0 Å². The molecule has 0 aliphatic carbocycles. The summed E-state index contributed by atoms with van der Waals surface area (Å²) in [6.45, 7) is 1.96. The highest BCUT2D eigenvalue weighted by molar-refractivity contribution is 6.31. The first kappa shape index (κ1) is 22.7. The van der Waals surface area contributed by atoms with Crippen LogP contribution in [0.3, 0.4) is 0 Å². The number of carbonyl (C=O) groups excluding carboxylic acids is 2. The zero-order chi connectivity index (χ0) is 23.9. The largest absolute Gasteiger partial charge is 0.464 e. The van der Waals surface area contributed by atoms with Crippen molar-refractivity contribution in [1.82, 2.24) is 9.88 Å². The highest BCUT2D eigenvalue weighted by atomic mass is 35.5. The van der Waals surface area contributed by atoms with E-state index >= 15 is 0 Å². The van der Waals surface area contributed by atoms with Crippen molar-refractivity contribution in [2.75, 3.05) is 25.5 Å². The van der Waals surface area contributed by atoms with Gasteiger partial charge in [0.05, 0.1) is 30.8 Å². The van der Waals surface area contributed by atoms with Crippen LogP contribution < -0.4 is 10.9 Å². The molecule has 2 heterocycles. The molecule has 1 aliphatic heterocycles. The molecular formula is C23H20ClF2N3O4. The summed E-state index contributed by atoms with van der Waals surface area (Å²) in [7, 11) is 1.18. The molecule has 3 aromatic rings. The molecule has 10 heteroatoms. The number of pyridine rings is 1. The second-order valence-corrected chi connectivity index (χ2v) is 8.16. The number of anilines is 1. The Morgan fingerprint density at radius 3 is 2.73 bits per heavy atom. The number of aromatic nitrogens is 1. The van der Waals surface area contributed by atoms with Gasteiger partial charge in [0.25, 0.3) is 5.56 Å². The molecular weight excluding hydrogens is 456 g/mol. The molecule has 7 nitrogen and oxygen atoms in total. The molecule has 1 aliphatic rings. The third-order valence-electron chi connectivity index (χ3n) is 5.77. The van der Waals surface area contributed by atoms with Gasteiger partial charge in [-0.05, 0) is 60.2 Å². The number of carbonyl (C=O) groups is 2. The Labute approximate surface area is 192 Å². The van der Waals surface area contributed by atoms with Gasteiger partial charge < -0.3 is 19.9 Å². The average molecular weight is 476 g/mol. The predicted octanol–water partition coefficient (Wildman–Crippen LogP) is 3.80. The van der Waals surface area contributed by atoms with Crippen LogP contribution in [0.5, 0.6) is 0 Å². The summed E-state index contributed by atoms with van der Waals surface area (Å²) in [5.41, 5.74) is 0.754. The van der Waals surface area contributed by atoms with E-state index in [0.29, 0.717) is 23.9 Å². The van der Waals surface area contributed by atoms with Crippen molar-refractivity contribution in [2.45, 2.75) is 19.4 Å². The number of amides is 1. The predicted molar refractivity (Wildman–Crippen MR) is 120 cm³/mol. The fraction of sp³-hybridized carbons (Fsp3) is 0.261. The van der Waals surface area contributed by atoms with Gasteiger partial charge in [0.1, 0.15) is 17.3 Å². The number of aromatic amines is 1. The number of nitrogens with one attached hydrogen (secondary N) is 2. The monoisotopic (exact) mass is 475 g/mol. The highest BCUT2D eigenvalue weighted by Crippen LogP contribution is 2.35. The first-order valence-electron chi connectivity index (χ1n) is 10.2. The summed E-state index contributed by atoms with van der Waals surface area (Å²) in [5.74, 6) is -2.18. The van der Waals surface area contributed by atoms with Crippen LogP contribution in [0, 0.1) is 11.6 Å². The van der Waals surface area contributed by atoms with E-state index in [-0.39, 0.29) is 40.3 Å². The maximum Gasteiger partial charge on any atom is 0.354 e. The van der Waals surface area contributed by atoms with E-state index in [9.17, 15) is 23.2 Å². The summed E-state index contributed by atoms with van der Waals surface area (Å²) in [6.07, 6.45) is 0.451. The third-order valence-corrected chi connectivity index (χ3v) is 6.09. The van der Waals surface area contributed by atoms with Crippen molar-refractivity contribution in [3.8, 4) is 0 Å². The Hall–Kier alpha value is -3.46. The summed E-state index contributed by atoms with van der Waals surface area (Å²) in [6, 6.07) is 6.04. The van der Waals surface area contributed by atoms with Gasteiger partial charge in [0, 0.05) is 11.6 Å². The number of hydrogen-bond acceptors (Lipinski definition) is 5. The summed E-state index contributed by atoms with van der Waals surface area (Å²) < 4.78 is 32.9. The zero-order valence-corrected chi connectivity index (χ0v) is 18.6. The summed E-state index contributed by atoms with van der Waals surface area (Å²) in [5, 5.41) is 3.39. The summed E-state index contributed by atoms with van der Waals surface area (Å²) >= 11 is 6.22. The number of benzene rings is 2. The first-order chi connectivity index (χ1) is 15.7. The van der Waals surface area contributed by atoms with Crippen LogP contribution in [0.15, 0.2) is 35.1 Å². The quantitative estimate of drug-likeness (QED) is 0.560. The standard InChI is InChI=1S/C23H20ClF2N3O4/c1-11-21-12(5-14(25)8-16(21)24)3-4-29(11)20(30)10-27-18-6-13-7-19(23(32)33-2)28-22(31)15(13)9-17(18)26/h5-9,11,27H,3-4,10H2,1-2H3,(H,28,31). The maximum atomic E-state index is 14.6. The molecule has 2 N–H and O–H groups in total. The minimum absolute atomic E-state index is 0.00225. The molecule has 172 valence electrons. The van der Waals surface area contributed by atoms with E-state index in [1.807, 2.05) is 0 Å². The molecule has 1 amide bonds. The van der Waals surface area contributed by atoms with E-state index < -0.39 is 23.2 Å². The van der Waals surface area contributed by atoms with Crippen LogP contribution in [0.25, 0.3) is 10.8 Å². The smallest absolute Gasteiger partial charge is 0.354 e. The van der Waals surface area contributed by atoms with Crippen LogP contribution >= 0.6 is 11.6 Å². The number of nitrogens with zero attached hydrogens (tertiary/aromatic N) is 1. The van der Waals surface area contributed by atoms with E-state index in [1.54, 1.807) is 11.8 Å². The van der Waals surface area contributed by atoms with Gasteiger partial charge in [-0.25, -0.2) is 13.6 Å². The number of H-pyrrole nitrogens is 1. The Morgan fingerprint density at radius 2 is 2.00 bits per heavy atom. The van der Waals surface area contributed by atoms with E-state index in [1.165, 1.54) is 31.4 Å². The second kappa shape index (κ2) is 8.82. The Kier molecular flexibility index (Phi) is 6.07. The topological polar surface area (TPSA) is 91.5 Å². The lowest BCUT2D eigenvalue weighted by Crippen LogP contribution is -2.42. The van der Waals surface area contributed by atoms with Gasteiger partial charge in [0.2, 0.25) is 5.91 Å². The number of esters is 1. The van der Waals surface area contributed by atoms with Crippen LogP contribution in [-0.2, 0) is 16.0 Å². The van der Waals surface area contributed by atoms with Crippen molar-refractivity contribution in [3.05, 3.63) is 74.2 Å². The molecule has 0 bridgehead atoms. The molecule has 0 saturated heterocycles. The molecule has 0 fully saturated rings. The fourth-order valence-electron chi connectivity index (χ4n) is 4.16. The fourth-order valence-corrected chi connectivity index (χ4v) is 4.54. The molecule has 1 atom stereocenters. The third kappa shape index (κ3) is 4.28. The van der Waals surface area contributed by atoms with Crippen molar-refractivity contribution < 1.29 is 23.1 Å². The normalized spacial score (nSPS) is 15.3. The van der Waals surface area contributed by atoms with Crippen LogP contribution in [0.2, 0.25) is 5.02 Å². The molecule has 1 aromatic heterocycles. The SMILES string of the molecule is COC(=O)c1cc2cc(NCC(=O)N3CCc4cc(F)cc(Cl)c4C3C)c(F)cc2c(=O)[nH]1. The molecule has 0 saturated carbocycles. The lowest BCUT2D eigenvalue weighted by molar-refractivity contribution is -0.131. The number of rotatable bonds is 4. The highest BCUT2D eigenvalue weighted by Gasteiger charge is 2.29. The van der Waals surface area contributed by atoms with Crippen molar-refractivity contribution >= 4 is 39.9 Å². The van der Waals surface area contributed by atoms with Gasteiger partial charge >= 0.3 is 5.97 Å². The van der Waals surface area contributed by atoms with Gasteiger partial charge in [0.15, 0.2) is 0 Å². The number of halogens is 3. The Bertz CT molecular complexity index is 1340. The van der Waals surface area contributed by atoms with Gasteiger partial charge in [-0.1, -0.05) is 11.6 Å². The van der Waals surface area contributed by atoms with Crippen LogP contribution in [0.4, 0.5) is 14.5 Å². The van der Waals surface area contributed by atoms with Crippen molar-refractivity contribution in [2.24, 2.45) is 0 Å². The van der Waals surface area contributed by atoms with E-state index in [0.717, 1.165) is 11.6 Å². The minimum atomic E-state index is -0.735. The first-order valence-corrected chi connectivity index (χ1v) is 10.5. The number of ether oxygens (including phenoxy) is 1. The average Bonchev–Trinajstić information content (AvgIpc) is 2.77. The van der Waals surface area contributed by atoms with Crippen LogP contribution in [-0.4, -0.2) is 42.0 Å². The lowest BCUT2D eigenvalue weighted by atomic mass is 9.93. The van der Waals surface area contributed by atoms with E-state index in [4.69, 9.17) is 11.6 Å².